The third kappa shape index (κ3) is 4.88. The number of hydrogen-bond donors (Lipinski definition) is 2. The molecule has 2 heterocycles. The number of nitrogens with one attached hydrogen (secondary N) is 2. The van der Waals surface area contributed by atoms with E-state index >= 15 is 0 Å². The van der Waals surface area contributed by atoms with Crippen LogP contribution < -0.4 is 10.6 Å². The van der Waals surface area contributed by atoms with Crippen LogP contribution in [-0.4, -0.2) is 66.6 Å². The van der Waals surface area contributed by atoms with E-state index in [1.165, 1.54) is 7.11 Å². The van der Waals surface area contributed by atoms with E-state index in [4.69, 9.17) is 0 Å². The number of nitrogens with zero attached hydrogens (tertiary/aromatic N) is 1. The van der Waals surface area contributed by atoms with Crippen LogP contribution in [0.25, 0.3) is 0 Å². The van der Waals surface area contributed by atoms with Crippen molar-refractivity contribution >= 4 is 29.5 Å². The van der Waals surface area contributed by atoms with E-state index in [2.05, 4.69) is 15.4 Å². The molecular weight excluding hydrogens is 306 g/mol. The summed E-state index contributed by atoms with van der Waals surface area (Å²) in [6.45, 7) is 1.34. The number of hydrogen-bond acceptors (Lipinski definition) is 6. The molecule has 2 fully saturated rings. The van der Waals surface area contributed by atoms with Crippen molar-refractivity contribution in [3.63, 3.8) is 0 Å². The summed E-state index contributed by atoms with van der Waals surface area (Å²) in [5, 5.41) is 6.11. The number of amides is 2. The van der Waals surface area contributed by atoms with Crippen LogP contribution in [0, 0.1) is 0 Å². The molecule has 0 spiro atoms. The summed E-state index contributed by atoms with van der Waals surface area (Å²) in [6, 6.07) is 0.0244. The van der Waals surface area contributed by atoms with Crippen molar-refractivity contribution in [3.8, 4) is 0 Å². The van der Waals surface area contributed by atoms with E-state index in [0.29, 0.717) is 13.1 Å². The maximum atomic E-state index is 12.3. The van der Waals surface area contributed by atoms with Crippen molar-refractivity contribution in [1.82, 2.24) is 15.5 Å². The Bertz CT molecular complexity index is 418. The van der Waals surface area contributed by atoms with Gasteiger partial charge in [0.15, 0.2) is 0 Å². The summed E-state index contributed by atoms with van der Waals surface area (Å²) >= 11 is 1.74. The number of esters is 1. The number of carbonyl (C=O) groups excluding carboxylic acids is 3. The SMILES string of the molecule is COC(=O)CCC(=O)NC1CCN(C(=O)C2CSCN2)CC1. The molecule has 2 saturated heterocycles. The standard InChI is InChI=1S/C14H23N3O4S/c1-21-13(19)3-2-12(18)16-10-4-6-17(7-5-10)14(20)11-8-22-9-15-11/h10-11,15H,2-9H2,1H3,(H,16,18). The van der Waals surface area contributed by atoms with Gasteiger partial charge in [0.1, 0.15) is 0 Å². The van der Waals surface area contributed by atoms with Crippen molar-refractivity contribution < 1.29 is 19.1 Å². The van der Waals surface area contributed by atoms with Gasteiger partial charge in [0.2, 0.25) is 11.8 Å². The molecule has 2 aliphatic rings. The minimum atomic E-state index is -0.377. The van der Waals surface area contributed by atoms with Gasteiger partial charge < -0.3 is 15.0 Å². The molecule has 0 bridgehead atoms. The molecular formula is C14H23N3O4S. The van der Waals surface area contributed by atoms with Crippen LogP contribution in [0.5, 0.6) is 0 Å². The number of likely N-dealkylation sites (tertiary alicyclic amines) is 1. The fraction of sp³-hybridized carbons (Fsp3) is 0.786. The van der Waals surface area contributed by atoms with Gasteiger partial charge in [-0.05, 0) is 12.8 Å². The minimum absolute atomic E-state index is 0.0591. The molecule has 0 aromatic heterocycles. The number of ether oxygens (including phenoxy) is 1. The Morgan fingerprint density at radius 2 is 2.00 bits per heavy atom. The molecule has 7 nitrogen and oxygen atoms in total. The fourth-order valence-electron chi connectivity index (χ4n) is 2.64. The first-order valence-corrected chi connectivity index (χ1v) is 8.71. The van der Waals surface area contributed by atoms with Crippen molar-refractivity contribution in [2.75, 3.05) is 31.8 Å². The molecule has 1 unspecified atom stereocenters. The maximum absolute atomic E-state index is 12.3. The average molecular weight is 329 g/mol. The summed E-state index contributed by atoms with van der Waals surface area (Å²) in [6.07, 6.45) is 1.77. The van der Waals surface area contributed by atoms with Crippen LogP contribution in [0.2, 0.25) is 0 Å². The van der Waals surface area contributed by atoms with Crippen molar-refractivity contribution in [1.29, 1.82) is 0 Å². The van der Waals surface area contributed by atoms with E-state index in [-0.39, 0.29) is 42.7 Å². The molecule has 1 atom stereocenters. The summed E-state index contributed by atoms with van der Waals surface area (Å²) in [5.41, 5.74) is 0. The zero-order valence-corrected chi connectivity index (χ0v) is 13.6. The predicted octanol–water partition coefficient (Wildman–Crippen LogP) is -0.291. The van der Waals surface area contributed by atoms with E-state index in [0.717, 1.165) is 24.5 Å². The van der Waals surface area contributed by atoms with E-state index in [1.54, 1.807) is 11.8 Å². The molecule has 8 heteroatoms. The third-order valence-electron chi connectivity index (χ3n) is 3.97. The number of rotatable bonds is 5. The Labute approximate surface area is 134 Å². The molecule has 2 N–H and O–H groups in total. The van der Waals surface area contributed by atoms with E-state index in [1.807, 2.05) is 4.90 Å². The Morgan fingerprint density at radius 1 is 1.27 bits per heavy atom. The van der Waals surface area contributed by atoms with Crippen LogP contribution in [0.3, 0.4) is 0 Å². The topological polar surface area (TPSA) is 87.7 Å². The lowest BCUT2D eigenvalue weighted by atomic mass is 10.0. The zero-order valence-electron chi connectivity index (χ0n) is 12.8. The first-order valence-electron chi connectivity index (χ1n) is 7.56. The molecule has 0 aliphatic carbocycles. The van der Waals surface area contributed by atoms with Gasteiger partial charge in [-0.2, -0.15) is 0 Å². The van der Waals surface area contributed by atoms with E-state index in [9.17, 15) is 14.4 Å². The second-order valence-electron chi connectivity index (χ2n) is 5.52. The highest BCUT2D eigenvalue weighted by atomic mass is 32.2. The molecule has 2 aliphatic heterocycles. The van der Waals surface area contributed by atoms with Gasteiger partial charge in [0, 0.05) is 37.2 Å². The molecule has 0 radical (unpaired) electrons. The minimum Gasteiger partial charge on any atom is -0.469 e. The summed E-state index contributed by atoms with van der Waals surface area (Å²) < 4.78 is 4.51. The molecule has 2 amide bonds. The van der Waals surface area contributed by atoms with Crippen LogP contribution in [0.15, 0.2) is 0 Å². The molecule has 2 rings (SSSR count). The number of methoxy groups -OCH3 is 1. The van der Waals surface area contributed by atoms with Crippen LogP contribution in [0.4, 0.5) is 0 Å². The van der Waals surface area contributed by atoms with Gasteiger partial charge in [-0.1, -0.05) is 0 Å². The van der Waals surface area contributed by atoms with Crippen molar-refractivity contribution in [3.05, 3.63) is 0 Å². The average Bonchev–Trinajstić information content (AvgIpc) is 3.07. The second-order valence-corrected chi connectivity index (χ2v) is 6.55. The molecule has 124 valence electrons. The third-order valence-corrected chi connectivity index (χ3v) is 4.91. The summed E-state index contributed by atoms with van der Waals surface area (Å²) in [7, 11) is 1.31. The molecule has 0 aromatic rings. The molecule has 0 aromatic carbocycles. The van der Waals surface area contributed by atoms with Gasteiger partial charge in [0.25, 0.3) is 0 Å². The Morgan fingerprint density at radius 3 is 2.59 bits per heavy atom. The van der Waals surface area contributed by atoms with Gasteiger partial charge >= 0.3 is 5.97 Å². The Balaban J connectivity index is 1.67. The first-order chi connectivity index (χ1) is 10.6. The lowest BCUT2D eigenvalue weighted by molar-refractivity contribution is -0.142. The Kier molecular flexibility index (Phi) is 6.50. The van der Waals surface area contributed by atoms with Crippen molar-refractivity contribution in [2.24, 2.45) is 0 Å². The van der Waals surface area contributed by atoms with Gasteiger partial charge in [-0.25, -0.2) is 0 Å². The largest absolute Gasteiger partial charge is 0.469 e. The van der Waals surface area contributed by atoms with Gasteiger partial charge in [0.05, 0.1) is 19.6 Å². The number of carbonyl (C=O) groups is 3. The highest BCUT2D eigenvalue weighted by Crippen LogP contribution is 2.16. The summed E-state index contributed by atoms with van der Waals surface area (Å²) in [5.74, 6) is 1.33. The van der Waals surface area contributed by atoms with Gasteiger partial charge in [-0.15, -0.1) is 11.8 Å². The van der Waals surface area contributed by atoms with Crippen molar-refractivity contribution in [2.45, 2.75) is 37.8 Å². The number of thioether (sulfide) groups is 1. The number of piperidine rings is 1. The van der Waals surface area contributed by atoms with Gasteiger partial charge in [-0.3, -0.25) is 19.7 Å². The fourth-order valence-corrected chi connectivity index (χ4v) is 3.57. The monoisotopic (exact) mass is 329 g/mol. The highest BCUT2D eigenvalue weighted by molar-refractivity contribution is 7.99. The second kappa shape index (κ2) is 8.38. The first kappa shape index (κ1) is 17.1. The lowest BCUT2D eigenvalue weighted by Crippen LogP contribution is -2.51. The van der Waals surface area contributed by atoms with Crippen LogP contribution >= 0.6 is 11.8 Å². The van der Waals surface area contributed by atoms with Crippen LogP contribution in [0.1, 0.15) is 25.7 Å². The Hall–Kier alpha value is -1.28. The molecule has 0 saturated carbocycles. The summed E-state index contributed by atoms with van der Waals surface area (Å²) in [4.78, 5) is 36.9. The van der Waals surface area contributed by atoms with E-state index < -0.39 is 0 Å². The smallest absolute Gasteiger partial charge is 0.306 e. The quantitative estimate of drug-likeness (QED) is 0.674. The highest BCUT2D eigenvalue weighted by Gasteiger charge is 2.30. The zero-order chi connectivity index (χ0) is 15.9. The predicted molar refractivity (Wildman–Crippen MR) is 83.2 cm³/mol. The van der Waals surface area contributed by atoms with Crippen LogP contribution in [-0.2, 0) is 19.1 Å². The molecule has 22 heavy (non-hydrogen) atoms. The lowest BCUT2D eigenvalue weighted by Gasteiger charge is -2.33. The normalized spacial score (nSPS) is 22.4. The maximum Gasteiger partial charge on any atom is 0.306 e.